The molecular weight excluding hydrogens is 280 g/mol. The summed E-state index contributed by atoms with van der Waals surface area (Å²) in [4.78, 5) is 23.0. The van der Waals surface area contributed by atoms with E-state index < -0.39 is 23.5 Å². The van der Waals surface area contributed by atoms with Gasteiger partial charge in [-0.25, -0.2) is 13.6 Å². The van der Waals surface area contributed by atoms with E-state index in [4.69, 9.17) is 5.11 Å². The van der Waals surface area contributed by atoms with Crippen molar-refractivity contribution >= 4 is 17.6 Å². The van der Waals surface area contributed by atoms with E-state index >= 15 is 0 Å². The Morgan fingerprint density at radius 2 is 1.81 bits per heavy atom. The Morgan fingerprint density at radius 1 is 1.10 bits per heavy atom. The minimum Gasteiger partial charge on any atom is -0.478 e. The van der Waals surface area contributed by atoms with E-state index in [1.807, 2.05) is 0 Å². The molecule has 21 heavy (non-hydrogen) atoms. The number of anilines is 1. The molecule has 0 saturated carbocycles. The van der Waals surface area contributed by atoms with Gasteiger partial charge in [-0.2, -0.15) is 0 Å². The molecule has 0 heterocycles. The molecule has 0 saturated heterocycles. The summed E-state index contributed by atoms with van der Waals surface area (Å²) in [5.41, 5.74) is 0.313. The lowest BCUT2D eigenvalue weighted by Crippen LogP contribution is -2.15. The molecule has 4 nitrogen and oxygen atoms in total. The van der Waals surface area contributed by atoms with Crippen molar-refractivity contribution in [2.45, 2.75) is 6.92 Å². The van der Waals surface area contributed by atoms with Crippen LogP contribution in [0.4, 0.5) is 14.5 Å². The van der Waals surface area contributed by atoms with Crippen molar-refractivity contribution in [2.24, 2.45) is 0 Å². The van der Waals surface area contributed by atoms with Crippen molar-refractivity contribution in [2.75, 3.05) is 5.32 Å². The van der Waals surface area contributed by atoms with Crippen LogP contribution < -0.4 is 5.32 Å². The molecule has 0 atom stereocenters. The smallest absolute Gasteiger partial charge is 0.336 e. The zero-order valence-corrected chi connectivity index (χ0v) is 11.0. The maximum atomic E-state index is 13.5. The van der Waals surface area contributed by atoms with E-state index in [2.05, 4.69) is 5.32 Å². The molecule has 0 radical (unpaired) electrons. The van der Waals surface area contributed by atoms with E-state index in [9.17, 15) is 18.4 Å². The lowest BCUT2D eigenvalue weighted by molar-refractivity contribution is 0.0695. The molecule has 2 aromatic rings. The van der Waals surface area contributed by atoms with Crippen LogP contribution in [0.1, 0.15) is 26.3 Å². The van der Waals surface area contributed by atoms with Crippen LogP contribution in [0.3, 0.4) is 0 Å². The highest BCUT2D eigenvalue weighted by Gasteiger charge is 2.15. The molecule has 0 unspecified atom stereocenters. The van der Waals surface area contributed by atoms with E-state index in [0.29, 0.717) is 11.6 Å². The second kappa shape index (κ2) is 5.70. The van der Waals surface area contributed by atoms with Crippen LogP contribution in [0, 0.1) is 18.6 Å². The van der Waals surface area contributed by atoms with Crippen LogP contribution in [-0.4, -0.2) is 17.0 Å². The highest BCUT2D eigenvalue weighted by Crippen LogP contribution is 2.20. The van der Waals surface area contributed by atoms with Crippen LogP contribution in [-0.2, 0) is 0 Å². The lowest BCUT2D eigenvalue weighted by atomic mass is 10.1. The SMILES string of the molecule is Cc1c(NC(=O)c2ccc(F)cc2F)cccc1C(=O)O. The van der Waals surface area contributed by atoms with E-state index in [1.54, 1.807) is 0 Å². The molecule has 0 fully saturated rings. The number of hydrogen-bond acceptors (Lipinski definition) is 2. The number of benzene rings is 2. The minimum atomic E-state index is -1.13. The van der Waals surface area contributed by atoms with Gasteiger partial charge in [-0.3, -0.25) is 4.79 Å². The number of nitrogens with one attached hydrogen (secondary N) is 1. The summed E-state index contributed by atoms with van der Waals surface area (Å²) >= 11 is 0. The number of rotatable bonds is 3. The fourth-order valence-corrected chi connectivity index (χ4v) is 1.87. The predicted octanol–water partition coefficient (Wildman–Crippen LogP) is 3.22. The number of halogens is 2. The Hall–Kier alpha value is -2.76. The monoisotopic (exact) mass is 291 g/mol. The Morgan fingerprint density at radius 3 is 2.43 bits per heavy atom. The number of hydrogen-bond donors (Lipinski definition) is 2. The van der Waals surface area contributed by atoms with Crippen molar-refractivity contribution in [3.8, 4) is 0 Å². The first kappa shape index (κ1) is 14.6. The van der Waals surface area contributed by atoms with Crippen molar-refractivity contribution in [3.63, 3.8) is 0 Å². The average molecular weight is 291 g/mol. The summed E-state index contributed by atoms with van der Waals surface area (Å²) < 4.78 is 26.3. The highest BCUT2D eigenvalue weighted by atomic mass is 19.1. The van der Waals surface area contributed by atoms with Crippen LogP contribution in [0.15, 0.2) is 36.4 Å². The maximum absolute atomic E-state index is 13.5. The average Bonchev–Trinajstić information content (AvgIpc) is 2.40. The van der Waals surface area contributed by atoms with Gasteiger partial charge in [0.05, 0.1) is 11.1 Å². The van der Waals surface area contributed by atoms with Gasteiger partial charge in [0, 0.05) is 11.8 Å². The molecule has 0 aliphatic rings. The Kier molecular flexibility index (Phi) is 3.98. The molecule has 0 aliphatic carbocycles. The fourth-order valence-electron chi connectivity index (χ4n) is 1.87. The molecule has 0 aromatic heterocycles. The third kappa shape index (κ3) is 3.05. The fraction of sp³-hybridized carbons (Fsp3) is 0.0667. The van der Waals surface area contributed by atoms with Gasteiger partial charge < -0.3 is 10.4 Å². The van der Waals surface area contributed by atoms with Gasteiger partial charge in [-0.15, -0.1) is 0 Å². The topological polar surface area (TPSA) is 66.4 Å². The summed E-state index contributed by atoms with van der Waals surface area (Å²) in [6.07, 6.45) is 0. The third-order valence-electron chi connectivity index (χ3n) is 2.99. The number of carbonyl (C=O) groups is 2. The Labute approximate surface area is 119 Å². The first-order valence-electron chi connectivity index (χ1n) is 5.99. The molecule has 2 aromatic carbocycles. The first-order valence-corrected chi connectivity index (χ1v) is 5.99. The summed E-state index contributed by atoms with van der Waals surface area (Å²) in [5, 5.41) is 11.4. The molecular formula is C15H11F2NO3. The second-order valence-electron chi connectivity index (χ2n) is 4.36. The summed E-state index contributed by atoms with van der Waals surface area (Å²) in [7, 11) is 0. The molecule has 2 N–H and O–H groups in total. The van der Waals surface area contributed by atoms with E-state index in [0.717, 1.165) is 12.1 Å². The molecule has 0 bridgehead atoms. The quantitative estimate of drug-likeness (QED) is 0.912. The second-order valence-corrected chi connectivity index (χ2v) is 4.36. The van der Waals surface area contributed by atoms with Crippen molar-refractivity contribution < 1.29 is 23.5 Å². The molecule has 1 amide bonds. The number of carboxylic acid groups (broad SMARTS) is 1. The summed E-state index contributed by atoms with van der Waals surface area (Å²) in [6, 6.07) is 6.96. The van der Waals surface area contributed by atoms with Crippen LogP contribution in [0.2, 0.25) is 0 Å². The van der Waals surface area contributed by atoms with E-state index in [-0.39, 0.29) is 16.8 Å². The normalized spacial score (nSPS) is 10.2. The zero-order chi connectivity index (χ0) is 15.6. The zero-order valence-electron chi connectivity index (χ0n) is 11.0. The minimum absolute atomic E-state index is 0.0346. The summed E-state index contributed by atoms with van der Waals surface area (Å²) in [5.74, 6) is -3.68. The van der Waals surface area contributed by atoms with Crippen LogP contribution >= 0.6 is 0 Å². The Bertz CT molecular complexity index is 729. The van der Waals surface area contributed by atoms with Gasteiger partial charge in [0.15, 0.2) is 0 Å². The largest absolute Gasteiger partial charge is 0.478 e. The maximum Gasteiger partial charge on any atom is 0.336 e. The first-order chi connectivity index (χ1) is 9.90. The third-order valence-corrected chi connectivity index (χ3v) is 2.99. The van der Waals surface area contributed by atoms with Gasteiger partial charge >= 0.3 is 5.97 Å². The standard InChI is InChI=1S/C15H11F2NO3/c1-8-10(15(20)21)3-2-4-13(8)18-14(19)11-6-5-9(16)7-12(11)17/h2-7H,1H3,(H,18,19)(H,20,21). The van der Waals surface area contributed by atoms with Gasteiger partial charge in [0.25, 0.3) is 5.91 Å². The molecule has 2 rings (SSSR count). The number of amides is 1. The van der Waals surface area contributed by atoms with Gasteiger partial charge in [-0.05, 0) is 36.8 Å². The van der Waals surface area contributed by atoms with Gasteiger partial charge in [-0.1, -0.05) is 6.07 Å². The number of carboxylic acids is 1. The molecule has 0 aliphatic heterocycles. The molecule has 0 spiro atoms. The molecule has 6 heteroatoms. The van der Waals surface area contributed by atoms with Crippen LogP contribution in [0.25, 0.3) is 0 Å². The van der Waals surface area contributed by atoms with Crippen molar-refractivity contribution in [1.29, 1.82) is 0 Å². The predicted molar refractivity (Wildman–Crippen MR) is 72.4 cm³/mol. The molecule has 108 valence electrons. The Balaban J connectivity index is 2.32. The summed E-state index contributed by atoms with van der Waals surface area (Å²) in [6.45, 7) is 1.53. The lowest BCUT2D eigenvalue weighted by Gasteiger charge is -2.10. The van der Waals surface area contributed by atoms with Crippen LogP contribution in [0.5, 0.6) is 0 Å². The number of aromatic carboxylic acids is 1. The van der Waals surface area contributed by atoms with Crippen molar-refractivity contribution in [3.05, 3.63) is 64.7 Å². The highest BCUT2D eigenvalue weighted by molar-refractivity contribution is 6.05. The van der Waals surface area contributed by atoms with E-state index in [1.165, 1.54) is 25.1 Å². The van der Waals surface area contributed by atoms with Crippen molar-refractivity contribution in [1.82, 2.24) is 0 Å². The number of carbonyl (C=O) groups excluding carboxylic acids is 1. The van der Waals surface area contributed by atoms with Gasteiger partial charge in [0.2, 0.25) is 0 Å². The van der Waals surface area contributed by atoms with Gasteiger partial charge in [0.1, 0.15) is 11.6 Å².